The molecule has 2 aromatic carbocycles. The Bertz CT molecular complexity index is 480. The molecule has 0 aliphatic heterocycles. The van der Waals surface area contributed by atoms with E-state index in [1.54, 1.807) is 0 Å². The Morgan fingerprint density at radius 3 is 2.12 bits per heavy atom. The van der Waals surface area contributed by atoms with Gasteiger partial charge >= 0.3 is 0 Å². The zero-order valence-corrected chi connectivity index (χ0v) is 9.38. The molecule has 3 heteroatoms. The van der Waals surface area contributed by atoms with Crippen LogP contribution in [0, 0.1) is 0 Å². The number of aliphatic hydroxyl groups excluding tert-OH is 1. The third-order valence-electron chi connectivity index (χ3n) is 2.35. The van der Waals surface area contributed by atoms with Gasteiger partial charge in [-0.1, -0.05) is 48.5 Å². The molecule has 0 aliphatic rings. The van der Waals surface area contributed by atoms with Crippen LogP contribution in [0.2, 0.25) is 0 Å². The fourth-order valence-corrected chi connectivity index (χ4v) is 1.47. The van der Waals surface area contributed by atoms with Crippen molar-refractivity contribution in [3.8, 4) is 0 Å². The summed E-state index contributed by atoms with van der Waals surface area (Å²) in [5.41, 5.74) is 5.35. The number of nitrogens with one attached hydrogen (secondary N) is 1. The lowest BCUT2D eigenvalue weighted by Crippen LogP contribution is -2.09. The predicted octanol–water partition coefficient (Wildman–Crippen LogP) is 2.50. The van der Waals surface area contributed by atoms with Crippen molar-refractivity contribution in [3.05, 3.63) is 66.2 Å². The third-order valence-corrected chi connectivity index (χ3v) is 2.35. The molecular weight excluding hydrogens is 212 g/mol. The largest absolute Gasteiger partial charge is 0.390 e. The number of rotatable bonds is 4. The van der Waals surface area contributed by atoms with Crippen LogP contribution in [0.15, 0.2) is 65.8 Å². The van der Waals surface area contributed by atoms with Crippen LogP contribution in [0.1, 0.15) is 5.56 Å². The first-order chi connectivity index (χ1) is 8.40. The van der Waals surface area contributed by atoms with Gasteiger partial charge < -0.3 is 5.11 Å². The van der Waals surface area contributed by atoms with Gasteiger partial charge in [0.1, 0.15) is 0 Å². The minimum atomic E-state index is -0.0934. The van der Waals surface area contributed by atoms with Crippen molar-refractivity contribution in [1.82, 2.24) is 0 Å². The van der Waals surface area contributed by atoms with E-state index >= 15 is 0 Å². The van der Waals surface area contributed by atoms with E-state index in [9.17, 15) is 5.11 Å². The number of hydrogen-bond acceptors (Lipinski definition) is 3. The predicted molar refractivity (Wildman–Crippen MR) is 70.1 cm³/mol. The lowest BCUT2D eigenvalue weighted by molar-refractivity contribution is 0.357. The van der Waals surface area contributed by atoms with Crippen molar-refractivity contribution in [3.63, 3.8) is 0 Å². The average molecular weight is 226 g/mol. The van der Waals surface area contributed by atoms with Crippen LogP contribution < -0.4 is 5.43 Å². The summed E-state index contributed by atoms with van der Waals surface area (Å²) in [5.74, 6) is 0. The highest BCUT2D eigenvalue weighted by Gasteiger charge is 2.00. The van der Waals surface area contributed by atoms with Crippen molar-refractivity contribution in [2.45, 2.75) is 0 Å². The van der Waals surface area contributed by atoms with Crippen molar-refractivity contribution in [2.75, 3.05) is 12.0 Å². The Hall–Kier alpha value is -2.13. The van der Waals surface area contributed by atoms with E-state index in [0.717, 1.165) is 11.3 Å². The van der Waals surface area contributed by atoms with E-state index < -0.39 is 0 Å². The van der Waals surface area contributed by atoms with Gasteiger partial charge in [-0.3, -0.25) is 5.43 Å². The molecule has 0 amide bonds. The second kappa shape index (κ2) is 5.82. The smallest absolute Gasteiger partial charge is 0.0933 e. The molecule has 2 rings (SSSR count). The minimum Gasteiger partial charge on any atom is -0.390 e. The number of benzene rings is 2. The Labute approximate surface area is 100 Å². The molecule has 2 aromatic rings. The first-order valence-corrected chi connectivity index (χ1v) is 5.44. The zero-order chi connectivity index (χ0) is 11.9. The number of anilines is 1. The quantitative estimate of drug-likeness (QED) is 0.621. The summed E-state index contributed by atoms with van der Waals surface area (Å²) < 4.78 is 0. The van der Waals surface area contributed by atoms with Crippen molar-refractivity contribution in [2.24, 2.45) is 5.10 Å². The van der Waals surface area contributed by atoms with Crippen LogP contribution in [0.4, 0.5) is 5.69 Å². The van der Waals surface area contributed by atoms with Gasteiger partial charge in [0.2, 0.25) is 0 Å². The van der Waals surface area contributed by atoms with Gasteiger partial charge in [-0.05, 0) is 12.1 Å². The fraction of sp³-hybridized carbons (Fsp3) is 0.0714. The van der Waals surface area contributed by atoms with Gasteiger partial charge in [0.05, 0.1) is 18.0 Å². The van der Waals surface area contributed by atoms with E-state index in [0.29, 0.717) is 5.71 Å². The van der Waals surface area contributed by atoms with E-state index in [1.165, 1.54) is 0 Å². The van der Waals surface area contributed by atoms with Crippen molar-refractivity contribution >= 4 is 11.4 Å². The summed E-state index contributed by atoms with van der Waals surface area (Å²) in [4.78, 5) is 0. The fourth-order valence-electron chi connectivity index (χ4n) is 1.47. The second-order valence-corrected chi connectivity index (χ2v) is 3.56. The Balaban J connectivity index is 2.14. The van der Waals surface area contributed by atoms with Crippen LogP contribution in [-0.4, -0.2) is 17.4 Å². The normalized spacial score (nSPS) is 11.2. The van der Waals surface area contributed by atoms with Gasteiger partial charge in [0, 0.05) is 5.56 Å². The monoisotopic (exact) mass is 226 g/mol. The summed E-state index contributed by atoms with van der Waals surface area (Å²) in [6.07, 6.45) is 0. The van der Waals surface area contributed by atoms with Crippen LogP contribution >= 0.6 is 0 Å². The highest BCUT2D eigenvalue weighted by molar-refractivity contribution is 6.01. The van der Waals surface area contributed by atoms with Gasteiger partial charge in [0.25, 0.3) is 0 Å². The number of nitrogens with zero attached hydrogens (tertiary/aromatic N) is 1. The highest BCUT2D eigenvalue weighted by Crippen LogP contribution is 2.06. The van der Waals surface area contributed by atoms with Crippen LogP contribution in [0.5, 0.6) is 0 Å². The molecule has 0 bridgehead atoms. The maximum atomic E-state index is 9.29. The van der Waals surface area contributed by atoms with E-state index in [4.69, 9.17) is 0 Å². The average Bonchev–Trinajstić information content (AvgIpc) is 2.42. The molecule has 0 atom stereocenters. The lowest BCUT2D eigenvalue weighted by atomic mass is 10.1. The molecular formula is C14H14N2O. The molecule has 0 fully saturated rings. The molecule has 86 valence electrons. The van der Waals surface area contributed by atoms with E-state index in [2.05, 4.69) is 10.5 Å². The van der Waals surface area contributed by atoms with Gasteiger partial charge in [-0.2, -0.15) is 5.10 Å². The summed E-state index contributed by atoms with van der Waals surface area (Å²) in [5, 5.41) is 13.5. The number of aliphatic hydroxyl groups is 1. The molecule has 0 heterocycles. The zero-order valence-electron chi connectivity index (χ0n) is 9.38. The van der Waals surface area contributed by atoms with Crippen molar-refractivity contribution in [1.29, 1.82) is 0 Å². The third kappa shape index (κ3) is 3.16. The summed E-state index contributed by atoms with van der Waals surface area (Å²) in [6.45, 7) is -0.0934. The highest BCUT2D eigenvalue weighted by atomic mass is 16.3. The van der Waals surface area contributed by atoms with Crippen molar-refractivity contribution < 1.29 is 5.11 Å². The van der Waals surface area contributed by atoms with Gasteiger partial charge in [0.15, 0.2) is 0 Å². The standard InChI is InChI=1S/C14H14N2O/c17-11-14(12-7-3-1-4-8-12)16-15-13-9-5-2-6-10-13/h1-10,15,17H,11H2/b16-14+. The Kier molecular flexibility index (Phi) is 3.89. The topological polar surface area (TPSA) is 44.6 Å². The molecule has 17 heavy (non-hydrogen) atoms. The molecule has 3 nitrogen and oxygen atoms in total. The van der Waals surface area contributed by atoms with Gasteiger partial charge in [-0.15, -0.1) is 0 Å². The molecule has 0 aliphatic carbocycles. The second-order valence-electron chi connectivity index (χ2n) is 3.56. The van der Waals surface area contributed by atoms with Gasteiger partial charge in [-0.25, -0.2) is 0 Å². The number of para-hydroxylation sites is 1. The number of hydrazone groups is 1. The number of hydrogen-bond donors (Lipinski definition) is 2. The van der Waals surface area contributed by atoms with Crippen LogP contribution in [0.3, 0.4) is 0 Å². The molecule has 0 spiro atoms. The Morgan fingerprint density at radius 2 is 1.53 bits per heavy atom. The molecule has 0 radical (unpaired) electrons. The maximum Gasteiger partial charge on any atom is 0.0933 e. The lowest BCUT2D eigenvalue weighted by Gasteiger charge is -2.05. The maximum absolute atomic E-state index is 9.29. The molecule has 0 saturated carbocycles. The molecule has 2 N–H and O–H groups in total. The van der Waals surface area contributed by atoms with Crippen LogP contribution in [0.25, 0.3) is 0 Å². The summed E-state index contributed by atoms with van der Waals surface area (Å²) in [7, 11) is 0. The Morgan fingerprint density at radius 1 is 0.941 bits per heavy atom. The van der Waals surface area contributed by atoms with E-state index in [-0.39, 0.29) is 6.61 Å². The molecule has 0 saturated heterocycles. The SMILES string of the molecule is OC/C(=N\Nc1ccccc1)c1ccccc1. The van der Waals surface area contributed by atoms with Crippen LogP contribution in [-0.2, 0) is 0 Å². The summed E-state index contributed by atoms with van der Waals surface area (Å²) in [6, 6.07) is 19.3. The first kappa shape index (κ1) is 11.4. The first-order valence-electron chi connectivity index (χ1n) is 5.44. The summed E-state index contributed by atoms with van der Waals surface area (Å²) >= 11 is 0. The minimum absolute atomic E-state index is 0.0934. The molecule has 0 aromatic heterocycles. The van der Waals surface area contributed by atoms with E-state index in [1.807, 2.05) is 60.7 Å². The molecule has 0 unspecified atom stereocenters.